The molecule has 1 aromatic carbocycles. The summed E-state index contributed by atoms with van der Waals surface area (Å²) < 4.78 is 12.2. The van der Waals surface area contributed by atoms with Gasteiger partial charge in [0.2, 0.25) is 0 Å². The third kappa shape index (κ3) is 4.74. The smallest absolute Gasteiger partial charge is 0.133 e. The van der Waals surface area contributed by atoms with Gasteiger partial charge < -0.3 is 14.6 Å². The first-order chi connectivity index (χ1) is 9.54. The van der Waals surface area contributed by atoms with E-state index in [1.54, 1.807) is 0 Å². The van der Waals surface area contributed by atoms with Gasteiger partial charge in [-0.05, 0) is 41.9 Å². The molecule has 0 aliphatic carbocycles. The molecule has 0 amide bonds. The first-order valence-electron chi connectivity index (χ1n) is 6.98. The van der Waals surface area contributed by atoms with Crippen molar-refractivity contribution in [3.63, 3.8) is 0 Å². The lowest BCUT2D eigenvalue weighted by Crippen LogP contribution is -2.48. The number of β-amino-alcohol motifs (C(OH)–C–C–N with tert-alkyl or cyclic N) is 1. The number of ether oxygens (including phenoxy) is 2. The molecule has 112 valence electrons. The fourth-order valence-corrected chi connectivity index (χ4v) is 2.93. The van der Waals surface area contributed by atoms with Crippen LogP contribution in [0.1, 0.15) is 13.8 Å². The van der Waals surface area contributed by atoms with Crippen LogP contribution in [0.3, 0.4) is 0 Å². The fourth-order valence-electron chi connectivity index (χ4n) is 2.53. The molecule has 2 rings (SSSR count). The number of hydrogen-bond acceptors (Lipinski definition) is 4. The molecule has 0 radical (unpaired) electrons. The highest BCUT2D eigenvalue weighted by Gasteiger charge is 2.23. The summed E-state index contributed by atoms with van der Waals surface area (Å²) in [6.07, 6.45) is -0.0649. The van der Waals surface area contributed by atoms with Crippen molar-refractivity contribution in [1.82, 2.24) is 4.90 Å². The van der Waals surface area contributed by atoms with Crippen LogP contribution < -0.4 is 4.74 Å². The van der Waals surface area contributed by atoms with Crippen molar-refractivity contribution in [3.8, 4) is 5.75 Å². The summed E-state index contributed by atoms with van der Waals surface area (Å²) >= 11 is 3.43. The summed E-state index contributed by atoms with van der Waals surface area (Å²) in [6.45, 7) is 6.75. The van der Waals surface area contributed by atoms with Gasteiger partial charge in [0.15, 0.2) is 0 Å². The summed E-state index contributed by atoms with van der Waals surface area (Å²) in [5.41, 5.74) is 0. The molecule has 1 fully saturated rings. The number of aliphatic hydroxyl groups is 1. The summed E-state index contributed by atoms with van der Waals surface area (Å²) in [4.78, 5) is 2.23. The molecular weight excluding hydrogens is 322 g/mol. The van der Waals surface area contributed by atoms with E-state index >= 15 is 0 Å². The number of para-hydroxylation sites is 1. The summed E-state index contributed by atoms with van der Waals surface area (Å²) in [5.74, 6) is 0.760. The maximum atomic E-state index is 10.1. The molecule has 20 heavy (non-hydrogen) atoms. The molecular formula is C15H22BrNO3. The van der Waals surface area contributed by atoms with E-state index in [1.807, 2.05) is 24.3 Å². The lowest BCUT2D eigenvalue weighted by molar-refractivity contribution is -0.0787. The fraction of sp³-hybridized carbons (Fsp3) is 0.600. The van der Waals surface area contributed by atoms with Crippen LogP contribution in [0.25, 0.3) is 0 Å². The van der Waals surface area contributed by atoms with Gasteiger partial charge in [0.25, 0.3) is 0 Å². The zero-order valence-electron chi connectivity index (χ0n) is 12.0. The van der Waals surface area contributed by atoms with Gasteiger partial charge in [0.1, 0.15) is 18.5 Å². The normalized spacial score (nSPS) is 25.4. The molecule has 1 heterocycles. The van der Waals surface area contributed by atoms with Crippen LogP contribution in [-0.4, -0.2) is 54.6 Å². The second-order valence-corrected chi connectivity index (χ2v) is 6.23. The van der Waals surface area contributed by atoms with Crippen LogP contribution in [0.4, 0.5) is 0 Å². The third-order valence-corrected chi connectivity index (χ3v) is 3.89. The number of nitrogens with zero attached hydrogens (tertiary/aromatic N) is 1. The lowest BCUT2D eigenvalue weighted by atomic mass is 10.2. The van der Waals surface area contributed by atoms with Gasteiger partial charge in [-0.15, -0.1) is 0 Å². The Morgan fingerprint density at radius 2 is 2.00 bits per heavy atom. The Labute approximate surface area is 128 Å². The van der Waals surface area contributed by atoms with Gasteiger partial charge in [-0.2, -0.15) is 0 Å². The van der Waals surface area contributed by atoms with Gasteiger partial charge in [-0.1, -0.05) is 12.1 Å². The Balaban J connectivity index is 1.78. The van der Waals surface area contributed by atoms with Gasteiger partial charge in [0.05, 0.1) is 16.7 Å². The highest BCUT2D eigenvalue weighted by molar-refractivity contribution is 9.10. The Morgan fingerprint density at radius 3 is 2.65 bits per heavy atom. The average Bonchev–Trinajstić information content (AvgIpc) is 2.36. The van der Waals surface area contributed by atoms with E-state index in [0.717, 1.165) is 23.3 Å². The molecule has 0 unspecified atom stereocenters. The van der Waals surface area contributed by atoms with Crippen LogP contribution in [0.15, 0.2) is 28.7 Å². The zero-order chi connectivity index (χ0) is 14.5. The van der Waals surface area contributed by atoms with Crippen molar-refractivity contribution in [2.24, 2.45) is 0 Å². The average molecular weight is 344 g/mol. The van der Waals surface area contributed by atoms with Gasteiger partial charge in [-0.25, -0.2) is 0 Å². The number of morpholine rings is 1. The van der Waals surface area contributed by atoms with E-state index in [1.165, 1.54) is 0 Å². The molecule has 0 saturated carbocycles. The minimum Gasteiger partial charge on any atom is -0.490 e. The Hall–Kier alpha value is -0.620. The molecule has 5 heteroatoms. The molecule has 3 atom stereocenters. The molecule has 1 aromatic rings. The SMILES string of the molecule is C[C@@H]1CN(C[C@H](O)COc2ccccc2Br)C[C@@H](C)O1. The highest BCUT2D eigenvalue weighted by atomic mass is 79.9. The van der Waals surface area contributed by atoms with Crippen molar-refractivity contribution in [3.05, 3.63) is 28.7 Å². The minimum absolute atomic E-state index is 0.218. The first kappa shape index (κ1) is 15.8. The van der Waals surface area contributed by atoms with Crippen LogP contribution >= 0.6 is 15.9 Å². The van der Waals surface area contributed by atoms with Crippen molar-refractivity contribution < 1.29 is 14.6 Å². The molecule has 0 spiro atoms. The predicted molar refractivity (Wildman–Crippen MR) is 82.1 cm³/mol. The zero-order valence-corrected chi connectivity index (χ0v) is 13.5. The minimum atomic E-state index is -0.500. The Bertz CT molecular complexity index is 419. The van der Waals surface area contributed by atoms with Gasteiger partial charge in [-0.3, -0.25) is 4.90 Å². The number of aliphatic hydroxyl groups excluding tert-OH is 1. The largest absolute Gasteiger partial charge is 0.490 e. The Morgan fingerprint density at radius 1 is 1.35 bits per heavy atom. The van der Waals surface area contributed by atoms with Gasteiger partial charge in [0, 0.05) is 19.6 Å². The van der Waals surface area contributed by atoms with E-state index in [2.05, 4.69) is 34.7 Å². The quantitative estimate of drug-likeness (QED) is 0.890. The van der Waals surface area contributed by atoms with Crippen molar-refractivity contribution in [1.29, 1.82) is 0 Å². The summed E-state index contributed by atoms with van der Waals surface area (Å²) in [5, 5.41) is 10.1. The molecule has 0 aromatic heterocycles. The number of rotatable bonds is 5. The number of halogens is 1. The van der Waals surface area contributed by atoms with E-state index in [0.29, 0.717) is 13.2 Å². The monoisotopic (exact) mass is 343 g/mol. The second kappa shape index (κ2) is 7.41. The molecule has 1 aliphatic heterocycles. The molecule has 1 aliphatic rings. The molecule has 1 N–H and O–H groups in total. The molecule has 4 nitrogen and oxygen atoms in total. The van der Waals surface area contributed by atoms with Crippen LogP contribution in [0, 0.1) is 0 Å². The molecule has 1 saturated heterocycles. The van der Waals surface area contributed by atoms with Crippen LogP contribution in [0.5, 0.6) is 5.75 Å². The summed E-state index contributed by atoms with van der Waals surface area (Å²) in [7, 11) is 0. The first-order valence-corrected chi connectivity index (χ1v) is 7.77. The maximum absolute atomic E-state index is 10.1. The van der Waals surface area contributed by atoms with E-state index in [9.17, 15) is 5.11 Å². The van der Waals surface area contributed by atoms with Crippen molar-refractivity contribution in [2.45, 2.75) is 32.2 Å². The number of hydrogen-bond donors (Lipinski definition) is 1. The lowest BCUT2D eigenvalue weighted by Gasteiger charge is -2.36. The third-order valence-electron chi connectivity index (χ3n) is 3.23. The standard InChI is InChI=1S/C15H22BrNO3/c1-11-7-17(8-12(2)20-11)9-13(18)10-19-15-6-4-3-5-14(15)16/h3-6,11-13,18H,7-10H2,1-2H3/t11-,12-,13+/m1/s1. The van der Waals surface area contributed by atoms with Crippen LogP contribution in [-0.2, 0) is 4.74 Å². The Kier molecular flexibility index (Phi) is 5.84. The molecule has 0 bridgehead atoms. The van der Waals surface area contributed by atoms with Crippen molar-refractivity contribution >= 4 is 15.9 Å². The number of benzene rings is 1. The van der Waals surface area contributed by atoms with Crippen molar-refractivity contribution in [2.75, 3.05) is 26.2 Å². The predicted octanol–water partition coefficient (Wildman–Crippen LogP) is 2.30. The second-order valence-electron chi connectivity index (χ2n) is 5.37. The van der Waals surface area contributed by atoms with E-state index < -0.39 is 6.10 Å². The van der Waals surface area contributed by atoms with Gasteiger partial charge >= 0.3 is 0 Å². The highest BCUT2D eigenvalue weighted by Crippen LogP contribution is 2.23. The topological polar surface area (TPSA) is 41.9 Å². The van der Waals surface area contributed by atoms with Crippen LogP contribution in [0.2, 0.25) is 0 Å². The van der Waals surface area contributed by atoms with E-state index in [-0.39, 0.29) is 12.2 Å². The van der Waals surface area contributed by atoms with E-state index in [4.69, 9.17) is 9.47 Å². The maximum Gasteiger partial charge on any atom is 0.133 e. The summed E-state index contributed by atoms with van der Waals surface area (Å²) in [6, 6.07) is 7.66.